The van der Waals surface area contributed by atoms with Crippen LogP contribution in [0.15, 0.2) is 59.4 Å². The highest BCUT2D eigenvalue weighted by Gasteiger charge is 2.19. The van der Waals surface area contributed by atoms with E-state index in [4.69, 9.17) is 0 Å². The second-order valence-corrected chi connectivity index (χ2v) is 7.03. The van der Waals surface area contributed by atoms with Crippen LogP contribution in [0.4, 0.5) is 5.69 Å². The molecule has 0 aliphatic heterocycles. The van der Waals surface area contributed by atoms with Gasteiger partial charge in [0.05, 0.1) is 6.42 Å². The van der Waals surface area contributed by atoms with Gasteiger partial charge in [0.2, 0.25) is 11.7 Å². The summed E-state index contributed by atoms with van der Waals surface area (Å²) in [5.74, 6) is 0.657. The highest BCUT2D eigenvalue weighted by molar-refractivity contribution is 5.92. The molecule has 0 aliphatic carbocycles. The summed E-state index contributed by atoms with van der Waals surface area (Å²) < 4.78 is 3.05. The molecule has 0 radical (unpaired) electrons. The maximum absolute atomic E-state index is 13.0. The Kier molecular flexibility index (Phi) is 4.72. The van der Waals surface area contributed by atoms with Gasteiger partial charge >= 0.3 is 0 Å². The van der Waals surface area contributed by atoms with Crippen LogP contribution < -0.4 is 10.9 Å². The van der Waals surface area contributed by atoms with Crippen LogP contribution in [0, 0.1) is 13.8 Å². The zero-order chi connectivity index (χ0) is 20.5. The van der Waals surface area contributed by atoms with Gasteiger partial charge < -0.3 is 9.88 Å². The van der Waals surface area contributed by atoms with Crippen molar-refractivity contribution in [1.82, 2.24) is 19.2 Å². The molecule has 0 unspecified atom stereocenters. The lowest BCUT2D eigenvalue weighted by Crippen LogP contribution is -2.28. The number of benzene rings is 2. The number of nitrogens with zero attached hydrogens (tertiary/aromatic N) is 4. The molecule has 2 aromatic carbocycles. The van der Waals surface area contributed by atoms with Crippen LogP contribution in [0.2, 0.25) is 0 Å². The minimum absolute atomic E-state index is 0.0388. The monoisotopic (exact) mass is 387 g/mol. The molecule has 0 saturated carbocycles. The zero-order valence-corrected chi connectivity index (χ0v) is 16.5. The lowest BCUT2D eigenvalue weighted by Gasteiger charge is -2.11. The van der Waals surface area contributed by atoms with Gasteiger partial charge in [0.1, 0.15) is 0 Å². The molecule has 0 saturated heterocycles. The standard InChI is InChI=1S/C22H21N5O2/c1-14-9-11-17(12-10-14)23-19(28)13-18-15(2)26(3)22-24-20(25-27(22)21(18)29)16-7-5-4-6-8-16/h4-12H,13H2,1-3H3,(H,23,28). The Labute approximate surface area is 167 Å². The van der Waals surface area contributed by atoms with Crippen molar-refractivity contribution in [2.24, 2.45) is 7.05 Å². The van der Waals surface area contributed by atoms with Crippen molar-refractivity contribution in [3.8, 4) is 11.4 Å². The first-order valence-electron chi connectivity index (χ1n) is 9.31. The van der Waals surface area contributed by atoms with E-state index in [0.717, 1.165) is 11.1 Å². The summed E-state index contributed by atoms with van der Waals surface area (Å²) in [4.78, 5) is 30.1. The van der Waals surface area contributed by atoms with Crippen molar-refractivity contribution < 1.29 is 4.79 Å². The average molecular weight is 387 g/mol. The van der Waals surface area contributed by atoms with E-state index in [9.17, 15) is 9.59 Å². The highest BCUT2D eigenvalue weighted by Crippen LogP contribution is 2.16. The normalized spacial score (nSPS) is 11.0. The van der Waals surface area contributed by atoms with E-state index in [0.29, 0.717) is 28.5 Å². The Morgan fingerprint density at radius 1 is 1.03 bits per heavy atom. The van der Waals surface area contributed by atoms with Crippen LogP contribution in [0.3, 0.4) is 0 Å². The molecule has 29 heavy (non-hydrogen) atoms. The second-order valence-electron chi connectivity index (χ2n) is 7.03. The van der Waals surface area contributed by atoms with Crippen LogP contribution in [-0.4, -0.2) is 25.1 Å². The summed E-state index contributed by atoms with van der Waals surface area (Å²) in [6.45, 7) is 3.79. The largest absolute Gasteiger partial charge is 0.326 e. The number of nitrogens with one attached hydrogen (secondary N) is 1. The molecule has 2 heterocycles. The maximum Gasteiger partial charge on any atom is 0.279 e. The van der Waals surface area contributed by atoms with Gasteiger partial charge in [0, 0.05) is 29.6 Å². The third-order valence-corrected chi connectivity index (χ3v) is 4.99. The number of hydrogen-bond donors (Lipinski definition) is 1. The predicted octanol–water partition coefficient (Wildman–Crippen LogP) is 2.89. The van der Waals surface area contributed by atoms with E-state index in [1.165, 1.54) is 4.52 Å². The first-order valence-corrected chi connectivity index (χ1v) is 9.31. The molecule has 1 N–H and O–H groups in total. The van der Waals surface area contributed by atoms with E-state index in [2.05, 4.69) is 15.4 Å². The molecule has 146 valence electrons. The Hall–Kier alpha value is -3.74. The van der Waals surface area contributed by atoms with Gasteiger partial charge in [-0.25, -0.2) is 0 Å². The predicted molar refractivity (Wildman–Crippen MR) is 112 cm³/mol. The minimum Gasteiger partial charge on any atom is -0.326 e. The molecule has 2 aromatic heterocycles. The smallest absolute Gasteiger partial charge is 0.279 e. The molecular formula is C22H21N5O2. The quantitative estimate of drug-likeness (QED) is 0.584. The number of fused-ring (bicyclic) bond motifs is 1. The summed E-state index contributed by atoms with van der Waals surface area (Å²) in [5.41, 5.74) is 3.39. The summed E-state index contributed by atoms with van der Waals surface area (Å²) in [6, 6.07) is 17.0. The number of hydrogen-bond acceptors (Lipinski definition) is 4. The second kappa shape index (κ2) is 7.35. The van der Waals surface area contributed by atoms with Crippen LogP contribution in [0.25, 0.3) is 17.2 Å². The summed E-state index contributed by atoms with van der Waals surface area (Å²) >= 11 is 0. The molecule has 1 amide bonds. The van der Waals surface area contributed by atoms with E-state index in [1.54, 1.807) is 4.57 Å². The number of aryl methyl sites for hydroxylation is 2. The number of anilines is 1. The van der Waals surface area contributed by atoms with Crippen molar-refractivity contribution >= 4 is 17.4 Å². The van der Waals surface area contributed by atoms with Crippen molar-refractivity contribution in [1.29, 1.82) is 0 Å². The van der Waals surface area contributed by atoms with Gasteiger partial charge in [-0.05, 0) is 26.0 Å². The SMILES string of the molecule is Cc1ccc(NC(=O)Cc2c(C)n(C)c3nc(-c4ccccc4)nn3c2=O)cc1. The lowest BCUT2D eigenvalue weighted by molar-refractivity contribution is -0.115. The summed E-state index contributed by atoms with van der Waals surface area (Å²) in [5, 5.41) is 7.22. The Balaban J connectivity index is 1.70. The fourth-order valence-electron chi connectivity index (χ4n) is 3.21. The van der Waals surface area contributed by atoms with Crippen LogP contribution >= 0.6 is 0 Å². The number of carbonyl (C=O) groups excluding carboxylic acids is 1. The highest BCUT2D eigenvalue weighted by atomic mass is 16.2. The van der Waals surface area contributed by atoms with Gasteiger partial charge in [-0.2, -0.15) is 9.50 Å². The van der Waals surface area contributed by atoms with E-state index in [1.807, 2.05) is 75.5 Å². The maximum atomic E-state index is 13.0. The molecule has 7 heteroatoms. The number of rotatable bonds is 4. The van der Waals surface area contributed by atoms with Gasteiger partial charge in [0.25, 0.3) is 5.56 Å². The zero-order valence-electron chi connectivity index (χ0n) is 16.5. The molecule has 0 bridgehead atoms. The molecule has 0 atom stereocenters. The molecule has 7 nitrogen and oxygen atoms in total. The average Bonchev–Trinajstić information content (AvgIpc) is 3.18. The number of amides is 1. The third-order valence-electron chi connectivity index (χ3n) is 4.99. The number of aromatic nitrogens is 4. The first-order chi connectivity index (χ1) is 13.9. The topological polar surface area (TPSA) is 81.3 Å². The lowest BCUT2D eigenvalue weighted by atomic mass is 10.1. The van der Waals surface area contributed by atoms with Crippen molar-refractivity contribution in [3.05, 3.63) is 81.8 Å². The first kappa shape index (κ1) is 18.6. The van der Waals surface area contributed by atoms with Crippen molar-refractivity contribution in [3.63, 3.8) is 0 Å². The summed E-state index contributed by atoms with van der Waals surface area (Å²) in [7, 11) is 1.81. The number of carbonyl (C=O) groups is 1. The van der Waals surface area contributed by atoms with E-state index in [-0.39, 0.29) is 17.9 Å². The van der Waals surface area contributed by atoms with Crippen molar-refractivity contribution in [2.75, 3.05) is 5.32 Å². The molecule has 4 rings (SSSR count). The summed E-state index contributed by atoms with van der Waals surface area (Å²) in [6.07, 6.45) is -0.0388. The third kappa shape index (κ3) is 3.54. The van der Waals surface area contributed by atoms with Gasteiger partial charge in [-0.15, -0.1) is 5.10 Å². The molecule has 0 spiro atoms. The Bertz CT molecular complexity index is 1250. The molecular weight excluding hydrogens is 366 g/mol. The Morgan fingerprint density at radius 3 is 2.41 bits per heavy atom. The Morgan fingerprint density at radius 2 is 1.72 bits per heavy atom. The van der Waals surface area contributed by atoms with Crippen LogP contribution in [0.5, 0.6) is 0 Å². The van der Waals surface area contributed by atoms with Gasteiger partial charge in [0.15, 0.2) is 5.82 Å². The van der Waals surface area contributed by atoms with E-state index >= 15 is 0 Å². The van der Waals surface area contributed by atoms with Crippen LogP contribution in [-0.2, 0) is 18.3 Å². The fourth-order valence-corrected chi connectivity index (χ4v) is 3.21. The van der Waals surface area contributed by atoms with Gasteiger partial charge in [-0.1, -0.05) is 48.0 Å². The van der Waals surface area contributed by atoms with Crippen molar-refractivity contribution in [2.45, 2.75) is 20.3 Å². The molecule has 0 fully saturated rings. The molecule has 0 aliphatic rings. The molecule has 4 aromatic rings. The van der Waals surface area contributed by atoms with Gasteiger partial charge in [-0.3, -0.25) is 9.59 Å². The van der Waals surface area contributed by atoms with E-state index < -0.39 is 0 Å². The minimum atomic E-state index is -0.329. The van der Waals surface area contributed by atoms with Crippen LogP contribution in [0.1, 0.15) is 16.8 Å². The fraction of sp³-hybridized carbons (Fsp3) is 0.182.